The molecule has 0 radical (unpaired) electrons. The molecule has 0 atom stereocenters. The summed E-state index contributed by atoms with van der Waals surface area (Å²) in [7, 11) is 2.46. The molecular formula is C18H16N4O5. The molecule has 9 heteroatoms. The Morgan fingerprint density at radius 3 is 2.48 bits per heavy atom. The summed E-state index contributed by atoms with van der Waals surface area (Å²) in [5.41, 5.74) is 2.44. The Balaban J connectivity index is 1.84. The van der Waals surface area contributed by atoms with Crippen LogP contribution in [0.4, 0.5) is 16.2 Å². The molecule has 2 aromatic carbocycles. The largest absolute Gasteiger partial charge is 0.465 e. The summed E-state index contributed by atoms with van der Waals surface area (Å²) in [5.74, 6) is -1.25. The maximum atomic E-state index is 12.4. The predicted molar refractivity (Wildman–Crippen MR) is 97.9 cm³/mol. The van der Waals surface area contributed by atoms with Crippen molar-refractivity contribution in [1.29, 1.82) is 0 Å². The Kier molecular flexibility index (Phi) is 5.02. The fourth-order valence-corrected chi connectivity index (χ4v) is 2.48. The zero-order valence-electron chi connectivity index (χ0n) is 14.5. The number of hydrogen-bond donors (Lipinski definition) is 3. The van der Waals surface area contributed by atoms with Gasteiger partial charge in [-0.3, -0.25) is 0 Å². The average molecular weight is 368 g/mol. The number of carbonyl (C=O) groups is 3. The molecule has 2 amide bonds. The number of benzene rings is 2. The van der Waals surface area contributed by atoms with Gasteiger partial charge in [0.2, 0.25) is 0 Å². The van der Waals surface area contributed by atoms with E-state index in [0.29, 0.717) is 5.69 Å². The van der Waals surface area contributed by atoms with E-state index in [1.165, 1.54) is 32.4 Å². The van der Waals surface area contributed by atoms with Crippen molar-refractivity contribution in [3.05, 3.63) is 53.9 Å². The number of H-pyrrole nitrogens is 1. The van der Waals surface area contributed by atoms with Gasteiger partial charge in [0.25, 0.3) is 0 Å². The molecule has 138 valence electrons. The fraction of sp³-hybridized carbons (Fsp3) is 0.111. The van der Waals surface area contributed by atoms with Gasteiger partial charge in [0.1, 0.15) is 0 Å². The summed E-state index contributed by atoms with van der Waals surface area (Å²) in [4.78, 5) is 43.0. The maximum Gasteiger partial charge on any atom is 0.339 e. The molecule has 0 aliphatic heterocycles. The van der Waals surface area contributed by atoms with Crippen molar-refractivity contribution in [2.45, 2.75) is 0 Å². The number of ether oxygens (including phenoxy) is 2. The van der Waals surface area contributed by atoms with Crippen molar-refractivity contribution in [2.75, 3.05) is 24.9 Å². The normalized spacial score (nSPS) is 10.3. The predicted octanol–water partition coefficient (Wildman–Crippen LogP) is 2.78. The summed E-state index contributed by atoms with van der Waals surface area (Å²) in [6, 6.07) is 8.69. The highest BCUT2D eigenvalue weighted by molar-refractivity contribution is 6.06. The van der Waals surface area contributed by atoms with E-state index < -0.39 is 18.0 Å². The molecule has 0 fully saturated rings. The highest BCUT2D eigenvalue weighted by atomic mass is 16.5. The highest BCUT2D eigenvalue weighted by Crippen LogP contribution is 2.21. The maximum absolute atomic E-state index is 12.4. The lowest BCUT2D eigenvalue weighted by atomic mass is 10.1. The molecule has 0 bridgehead atoms. The van der Waals surface area contributed by atoms with Crippen LogP contribution in [0.3, 0.4) is 0 Å². The van der Waals surface area contributed by atoms with Crippen LogP contribution in [0.5, 0.6) is 0 Å². The van der Waals surface area contributed by atoms with Crippen molar-refractivity contribution in [3.8, 4) is 0 Å². The van der Waals surface area contributed by atoms with Gasteiger partial charge in [-0.2, -0.15) is 0 Å². The van der Waals surface area contributed by atoms with Crippen LogP contribution in [-0.2, 0) is 9.47 Å². The van der Waals surface area contributed by atoms with Gasteiger partial charge in [-0.25, -0.2) is 19.4 Å². The Labute approximate surface area is 153 Å². The number of nitrogens with zero attached hydrogens (tertiary/aromatic N) is 1. The summed E-state index contributed by atoms with van der Waals surface area (Å²) in [6.07, 6.45) is 1.55. The minimum Gasteiger partial charge on any atom is -0.465 e. The Bertz CT molecular complexity index is 1030. The molecule has 27 heavy (non-hydrogen) atoms. The number of methoxy groups -OCH3 is 2. The molecule has 3 rings (SSSR count). The van der Waals surface area contributed by atoms with Crippen LogP contribution in [0.25, 0.3) is 11.0 Å². The third kappa shape index (κ3) is 3.87. The second-order valence-corrected chi connectivity index (χ2v) is 5.46. The van der Waals surface area contributed by atoms with Crippen LogP contribution >= 0.6 is 0 Å². The standard InChI is InChI=1S/C18H16N4O5/c1-26-16(23)10-3-5-12(17(24)27-2)14(7-10)22-18(25)21-11-4-6-13-15(8-11)20-9-19-13/h3-9H,1-2H3,(H,19,20)(H2,21,22,25). The van der Waals surface area contributed by atoms with Gasteiger partial charge in [0.05, 0.1) is 48.4 Å². The third-order valence-electron chi connectivity index (χ3n) is 3.77. The van der Waals surface area contributed by atoms with E-state index in [4.69, 9.17) is 4.74 Å². The Morgan fingerprint density at radius 2 is 1.74 bits per heavy atom. The van der Waals surface area contributed by atoms with Gasteiger partial charge in [-0.1, -0.05) is 0 Å². The number of fused-ring (bicyclic) bond motifs is 1. The number of esters is 2. The van der Waals surface area contributed by atoms with Crippen LogP contribution in [-0.4, -0.2) is 42.2 Å². The monoisotopic (exact) mass is 368 g/mol. The van der Waals surface area contributed by atoms with E-state index in [1.807, 2.05) is 0 Å². The molecule has 3 aromatic rings. The van der Waals surface area contributed by atoms with Crippen molar-refractivity contribution in [1.82, 2.24) is 9.97 Å². The van der Waals surface area contributed by atoms with Crippen molar-refractivity contribution in [3.63, 3.8) is 0 Å². The topological polar surface area (TPSA) is 122 Å². The number of amides is 2. The third-order valence-corrected chi connectivity index (χ3v) is 3.77. The SMILES string of the molecule is COC(=O)c1ccc(C(=O)OC)c(NC(=O)Nc2ccc3nc[nH]c3c2)c1. The fourth-order valence-electron chi connectivity index (χ4n) is 2.48. The Morgan fingerprint density at radius 1 is 0.963 bits per heavy atom. The first-order chi connectivity index (χ1) is 13.0. The number of aromatic amines is 1. The number of imidazole rings is 1. The number of aromatic nitrogens is 2. The molecule has 0 saturated heterocycles. The smallest absolute Gasteiger partial charge is 0.339 e. The van der Waals surface area contributed by atoms with Crippen LogP contribution < -0.4 is 10.6 Å². The molecule has 0 saturated carbocycles. The summed E-state index contributed by atoms with van der Waals surface area (Å²) < 4.78 is 9.36. The van der Waals surface area contributed by atoms with Crippen molar-refractivity contribution in [2.24, 2.45) is 0 Å². The minimum atomic E-state index is -0.652. The zero-order valence-corrected chi connectivity index (χ0v) is 14.5. The van der Waals surface area contributed by atoms with E-state index in [0.717, 1.165) is 11.0 Å². The van der Waals surface area contributed by atoms with Gasteiger partial charge in [-0.05, 0) is 36.4 Å². The lowest BCUT2D eigenvalue weighted by Crippen LogP contribution is -2.21. The van der Waals surface area contributed by atoms with E-state index in [-0.39, 0.29) is 16.8 Å². The second-order valence-electron chi connectivity index (χ2n) is 5.46. The second kappa shape index (κ2) is 7.56. The molecule has 1 aromatic heterocycles. The first kappa shape index (κ1) is 17.9. The number of nitrogens with one attached hydrogen (secondary N) is 3. The molecule has 1 heterocycles. The summed E-state index contributed by atoms with van der Waals surface area (Å²) >= 11 is 0. The first-order valence-corrected chi connectivity index (χ1v) is 7.83. The van der Waals surface area contributed by atoms with Gasteiger partial charge in [0.15, 0.2) is 0 Å². The molecule has 0 aliphatic rings. The van der Waals surface area contributed by atoms with E-state index in [2.05, 4.69) is 25.3 Å². The first-order valence-electron chi connectivity index (χ1n) is 7.83. The number of rotatable bonds is 4. The van der Waals surface area contributed by atoms with E-state index >= 15 is 0 Å². The van der Waals surface area contributed by atoms with Gasteiger partial charge in [0, 0.05) is 5.69 Å². The molecule has 0 aliphatic carbocycles. The average Bonchev–Trinajstić information content (AvgIpc) is 3.14. The molecule has 0 unspecified atom stereocenters. The number of hydrogen-bond acceptors (Lipinski definition) is 6. The Hall–Kier alpha value is -3.88. The summed E-state index contributed by atoms with van der Waals surface area (Å²) in [5, 5.41) is 5.20. The van der Waals surface area contributed by atoms with Gasteiger partial charge in [-0.15, -0.1) is 0 Å². The number of carbonyl (C=O) groups excluding carboxylic acids is 3. The zero-order chi connectivity index (χ0) is 19.4. The van der Waals surface area contributed by atoms with Crippen LogP contribution in [0.2, 0.25) is 0 Å². The van der Waals surface area contributed by atoms with Crippen LogP contribution in [0.15, 0.2) is 42.7 Å². The van der Waals surface area contributed by atoms with E-state index in [1.54, 1.807) is 24.5 Å². The lowest BCUT2D eigenvalue weighted by Gasteiger charge is -2.12. The number of anilines is 2. The van der Waals surface area contributed by atoms with Crippen molar-refractivity contribution < 1.29 is 23.9 Å². The van der Waals surface area contributed by atoms with Crippen LogP contribution in [0, 0.1) is 0 Å². The number of urea groups is 1. The van der Waals surface area contributed by atoms with Crippen LogP contribution in [0.1, 0.15) is 20.7 Å². The van der Waals surface area contributed by atoms with Crippen molar-refractivity contribution >= 4 is 40.4 Å². The summed E-state index contributed by atoms with van der Waals surface area (Å²) in [6.45, 7) is 0. The lowest BCUT2D eigenvalue weighted by molar-refractivity contribution is 0.0587. The minimum absolute atomic E-state index is 0.101. The molecule has 0 spiro atoms. The van der Waals surface area contributed by atoms with E-state index in [9.17, 15) is 14.4 Å². The highest BCUT2D eigenvalue weighted by Gasteiger charge is 2.17. The molecule has 3 N–H and O–H groups in total. The quantitative estimate of drug-likeness (QED) is 0.609. The van der Waals surface area contributed by atoms with Gasteiger partial charge < -0.3 is 25.1 Å². The van der Waals surface area contributed by atoms with Gasteiger partial charge >= 0.3 is 18.0 Å². The molecule has 9 nitrogen and oxygen atoms in total. The molecular weight excluding hydrogens is 352 g/mol.